The Hall–Kier alpha value is -2.12. The first-order chi connectivity index (χ1) is 11.4. The lowest BCUT2D eigenvalue weighted by atomic mass is 9.73. The van der Waals surface area contributed by atoms with E-state index in [-0.39, 0.29) is 12.4 Å². The lowest BCUT2D eigenvalue weighted by molar-refractivity contribution is -0.274. The second-order valence-corrected chi connectivity index (χ2v) is 5.69. The number of benzene rings is 1. The maximum atomic E-state index is 12.5. The largest absolute Gasteiger partial charge is 0.573 e. The number of ether oxygens (including phenoxy) is 2. The maximum absolute atomic E-state index is 12.5. The zero-order valence-corrected chi connectivity index (χ0v) is 12.7. The van der Waals surface area contributed by atoms with Crippen LogP contribution in [0.4, 0.5) is 13.2 Å². The van der Waals surface area contributed by atoms with Crippen LogP contribution in [0.3, 0.4) is 0 Å². The van der Waals surface area contributed by atoms with E-state index < -0.39 is 17.9 Å². The minimum absolute atomic E-state index is 0.195. The molecule has 2 unspecified atom stereocenters. The Morgan fingerprint density at radius 2 is 2.04 bits per heavy atom. The highest BCUT2D eigenvalue weighted by molar-refractivity contribution is 5.37. The summed E-state index contributed by atoms with van der Waals surface area (Å²) in [7, 11) is 0. The Bertz CT molecular complexity index is 685. The van der Waals surface area contributed by atoms with Gasteiger partial charge in [-0.1, -0.05) is 18.2 Å². The number of hydrogen-bond donors (Lipinski definition) is 1. The van der Waals surface area contributed by atoms with Gasteiger partial charge in [0.2, 0.25) is 0 Å². The molecule has 0 amide bonds. The lowest BCUT2D eigenvalue weighted by Gasteiger charge is -2.33. The van der Waals surface area contributed by atoms with E-state index in [9.17, 15) is 18.3 Å². The van der Waals surface area contributed by atoms with E-state index in [2.05, 4.69) is 9.72 Å². The molecule has 2 aromatic rings. The van der Waals surface area contributed by atoms with Gasteiger partial charge in [0.05, 0.1) is 17.7 Å². The minimum atomic E-state index is -4.77. The Kier molecular flexibility index (Phi) is 4.47. The van der Waals surface area contributed by atoms with Crippen LogP contribution in [0.25, 0.3) is 0 Å². The van der Waals surface area contributed by atoms with Crippen molar-refractivity contribution >= 4 is 0 Å². The van der Waals surface area contributed by atoms with E-state index in [0.717, 1.165) is 0 Å². The number of hydrogen-bond acceptors (Lipinski definition) is 4. The van der Waals surface area contributed by atoms with Crippen molar-refractivity contribution in [1.82, 2.24) is 4.98 Å². The molecule has 1 fully saturated rings. The van der Waals surface area contributed by atoms with E-state index in [0.29, 0.717) is 24.3 Å². The average Bonchev–Trinajstić information content (AvgIpc) is 3.04. The van der Waals surface area contributed by atoms with Crippen LogP contribution in [0, 0.1) is 0 Å². The SMILES string of the molecule is OC(c1ccccn1)C1(c2cccc(OC(F)(F)F)c2)CCOC1. The average molecular weight is 339 g/mol. The van der Waals surface area contributed by atoms with Gasteiger partial charge in [0.15, 0.2) is 0 Å². The molecule has 1 aromatic heterocycles. The predicted octanol–water partition coefficient (Wildman–Crippen LogP) is 3.37. The van der Waals surface area contributed by atoms with Gasteiger partial charge in [0.1, 0.15) is 11.9 Å². The zero-order valence-electron chi connectivity index (χ0n) is 12.7. The summed E-state index contributed by atoms with van der Waals surface area (Å²) in [6.45, 7) is 0.606. The molecule has 0 saturated carbocycles. The Labute approximate surface area is 136 Å². The maximum Gasteiger partial charge on any atom is 0.573 e. The molecule has 128 valence electrons. The number of pyridine rings is 1. The monoisotopic (exact) mass is 339 g/mol. The Morgan fingerprint density at radius 3 is 2.67 bits per heavy atom. The number of rotatable bonds is 4. The van der Waals surface area contributed by atoms with Crippen LogP contribution in [0.15, 0.2) is 48.7 Å². The summed E-state index contributed by atoms with van der Waals surface area (Å²) < 4.78 is 46.8. The van der Waals surface area contributed by atoms with Crippen LogP contribution < -0.4 is 4.74 Å². The van der Waals surface area contributed by atoms with Crippen LogP contribution >= 0.6 is 0 Å². The third-order valence-electron chi connectivity index (χ3n) is 4.19. The van der Waals surface area contributed by atoms with Crippen molar-refractivity contribution in [3.63, 3.8) is 0 Å². The number of alkyl halides is 3. The van der Waals surface area contributed by atoms with Gasteiger partial charge >= 0.3 is 6.36 Å². The molecule has 3 rings (SSSR count). The quantitative estimate of drug-likeness (QED) is 0.928. The molecule has 0 bridgehead atoms. The molecule has 2 heterocycles. The normalized spacial score (nSPS) is 22.3. The molecule has 1 aliphatic rings. The van der Waals surface area contributed by atoms with Crippen LogP contribution in [0.2, 0.25) is 0 Å². The summed E-state index contributed by atoms with van der Waals surface area (Å²) in [5.74, 6) is -0.320. The molecule has 7 heteroatoms. The fraction of sp³-hybridized carbons (Fsp3) is 0.353. The third-order valence-corrected chi connectivity index (χ3v) is 4.19. The van der Waals surface area contributed by atoms with Crippen LogP contribution in [-0.4, -0.2) is 29.7 Å². The van der Waals surface area contributed by atoms with E-state index in [4.69, 9.17) is 4.74 Å². The molecule has 24 heavy (non-hydrogen) atoms. The molecule has 0 radical (unpaired) electrons. The minimum Gasteiger partial charge on any atom is -0.406 e. The number of aliphatic hydroxyl groups is 1. The summed E-state index contributed by atoms with van der Waals surface area (Å²) in [6.07, 6.45) is -3.73. The molecule has 2 atom stereocenters. The molecule has 4 nitrogen and oxygen atoms in total. The molecule has 0 spiro atoms. The highest BCUT2D eigenvalue weighted by Gasteiger charge is 2.45. The molecule has 1 aliphatic heterocycles. The molecule has 1 aromatic carbocycles. The standard InChI is InChI=1S/C17H16F3NO3/c18-17(19,20)24-13-5-3-4-12(10-13)16(7-9-23-11-16)15(22)14-6-1-2-8-21-14/h1-6,8,10,15,22H,7,9,11H2. The number of aromatic nitrogens is 1. The second-order valence-electron chi connectivity index (χ2n) is 5.69. The zero-order chi connectivity index (χ0) is 17.2. The highest BCUT2D eigenvalue weighted by atomic mass is 19.4. The van der Waals surface area contributed by atoms with Crippen LogP contribution in [-0.2, 0) is 10.2 Å². The van der Waals surface area contributed by atoms with Gasteiger partial charge in [0.25, 0.3) is 0 Å². The van der Waals surface area contributed by atoms with Crippen molar-refractivity contribution in [1.29, 1.82) is 0 Å². The van der Waals surface area contributed by atoms with Gasteiger partial charge < -0.3 is 14.6 Å². The topological polar surface area (TPSA) is 51.6 Å². The van der Waals surface area contributed by atoms with Crippen molar-refractivity contribution in [2.75, 3.05) is 13.2 Å². The molecule has 1 saturated heterocycles. The van der Waals surface area contributed by atoms with Gasteiger partial charge in [-0.3, -0.25) is 4.98 Å². The second kappa shape index (κ2) is 6.41. The third kappa shape index (κ3) is 3.37. The van der Waals surface area contributed by atoms with Gasteiger partial charge in [-0.2, -0.15) is 0 Å². The van der Waals surface area contributed by atoms with Gasteiger partial charge in [-0.25, -0.2) is 0 Å². The van der Waals surface area contributed by atoms with Crippen LogP contribution in [0.5, 0.6) is 5.75 Å². The van der Waals surface area contributed by atoms with E-state index in [1.54, 1.807) is 30.5 Å². The van der Waals surface area contributed by atoms with E-state index in [1.807, 2.05) is 0 Å². The number of aliphatic hydroxyl groups excluding tert-OH is 1. The molecular formula is C17H16F3NO3. The van der Waals surface area contributed by atoms with Crippen LogP contribution in [0.1, 0.15) is 23.8 Å². The first-order valence-corrected chi connectivity index (χ1v) is 7.44. The lowest BCUT2D eigenvalue weighted by Crippen LogP contribution is -2.35. The van der Waals surface area contributed by atoms with Crippen molar-refractivity contribution in [2.24, 2.45) is 0 Å². The van der Waals surface area contributed by atoms with E-state index >= 15 is 0 Å². The summed E-state index contributed by atoms with van der Waals surface area (Å²) in [5, 5.41) is 10.8. The summed E-state index contributed by atoms with van der Waals surface area (Å²) in [4.78, 5) is 4.16. The smallest absolute Gasteiger partial charge is 0.406 e. The Morgan fingerprint density at radius 1 is 1.21 bits per heavy atom. The Balaban J connectivity index is 1.98. The van der Waals surface area contributed by atoms with Crippen molar-refractivity contribution in [3.05, 3.63) is 59.9 Å². The summed E-state index contributed by atoms with van der Waals surface area (Å²) >= 11 is 0. The van der Waals surface area contributed by atoms with Gasteiger partial charge in [0, 0.05) is 12.8 Å². The van der Waals surface area contributed by atoms with Gasteiger partial charge in [-0.05, 0) is 36.2 Å². The fourth-order valence-corrected chi connectivity index (χ4v) is 3.01. The van der Waals surface area contributed by atoms with Gasteiger partial charge in [-0.15, -0.1) is 13.2 Å². The summed E-state index contributed by atoms with van der Waals surface area (Å²) in [6, 6.07) is 10.8. The summed E-state index contributed by atoms with van der Waals surface area (Å²) in [5.41, 5.74) is 0.115. The number of nitrogens with zero attached hydrogens (tertiary/aromatic N) is 1. The van der Waals surface area contributed by atoms with Crippen molar-refractivity contribution in [2.45, 2.75) is 24.3 Å². The fourth-order valence-electron chi connectivity index (χ4n) is 3.01. The molecule has 1 N–H and O–H groups in total. The van der Waals surface area contributed by atoms with E-state index in [1.165, 1.54) is 18.2 Å². The molecular weight excluding hydrogens is 323 g/mol. The first kappa shape index (κ1) is 16.7. The van der Waals surface area contributed by atoms with Crippen molar-refractivity contribution in [3.8, 4) is 5.75 Å². The highest BCUT2D eigenvalue weighted by Crippen LogP contribution is 2.44. The predicted molar refractivity (Wildman–Crippen MR) is 79.4 cm³/mol. The molecule has 0 aliphatic carbocycles. The first-order valence-electron chi connectivity index (χ1n) is 7.44. The van der Waals surface area contributed by atoms with Crippen molar-refractivity contribution < 1.29 is 27.8 Å². The number of halogens is 3.